The molecular weight excluding hydrogens is 589 g/mol. The number of rotatable bonds is 11. The van der Waals surface area contributed by atoms with Crippen molar-refractivity contribution in [1.82, 2.24) is 19.8 Å². The summed E-state index contributed by atoms with van der Waals surface area (Å²) in [6, 6.07) is 20.3. The van der Waals surface area contributed by atoms with Gasteiger partial charge in [-0.2, -0.15) is 18.4 Å². The molecule has 0 aliphatic heterocycles. The third kappa shape index (κ3) is 8.43. The van der Waals surface area contributed by atoms with Crippen LogP contribution in [-0.2, 0) is 30.5 Å². The van der Waals surface area contributed by atoms with Crippen LogP contribution < -0.4 is 10.6 Å². The number of imidazole rings is 1. The Morgan fingerprint density at radius 3 is 2.48 bits per heavy atom. The lowest BCUT2D eigenvalue weighted by atomic mass is 10.1. The van der Waals surface area contributed by atoms with Crippen molar-refractivity contribution in [2.45, 2.75) is 45.1 Å². The average molecular weight is 621 g/mol. The van der Waals surface area contributed by atoms with Crippen molar-refractivity contribution in [2.75, 3.05) is 11.9 Å². The van der Waals surface area contributed by atoms with Gasteiger partial charge in [0, 0.05) is 37.2 Å². The summed E-state index contributed by atoms with van der Waals surface area (Å²) in [4.78, 5) is 19.6. The maximum absolute atomic E-state index is 13.9. The first kappa shape index (κ1) is 32.2. The monoisotopic (exact) mass is 620 g/mol. The van der Waals surface area contributed by atoms with Gasteiger partial charge in [0.15, 0.2) is 5.11 Å². The quantitative estimate of drug-likeness (QED) is 0.142. The number of hydrogen-bond acceptors (Lipinski definition) is 6. The third-order valence-electron chi connectivity index (χ3n) is 7.03. The van der Waals surface area contributed by atoms with Crippen molar-refractivity contribution in [3.05, 3.63) is 113 Å². The normalized spacial score (nSPS) is 11.9. The number of hydrogen-bond donors (Lipinski definition) is 3. The fraction of sp³-hybridized carbons (Fsp3) is 0.250. The van der Waals surface area contributed by atoms with E-state index in [2.05, 4.69) is 21.7 Å². The SMILES string of the molecule is CC[C@@H](CNCc1ccccc1C(F)(F)F)N(C(=O)Cc1cncn1Cc1ccc(C#N)cc1)C(=S)Nc1ccc(O)cc1. The lowest BCUT2D eigenvalue weighted by Crippen LogP contribution is -2.51. The summed E-state index contributed by atoms with van der Waals surface area (Å²) in [6.45, 7) is 2.43. The molecule has 0 spiro atoms. The van der Waals surface area contributed by atoms with Gasteiger partial charge in [-0.3, -0.25) is 9.69 Å². The number of alkyl halides is 3. The number of nitriles is 1. The van der Waals surface area contributed by atoms with Gasteiger partial charge < -0.3 is 20.3 Å². The average Bonchev–Trinajstić information content (AvgIpc) is 3.43. The second-order valence-corrected chi connectivity index (χ2v) is 10.5. The smallest absolute Gasteiger partial charge is 0.416 e. The molecule has 4 aromatic rings. The first-order valence-corrected chi connectivity index (χ1v) is 14.3. The summed E-state index contributed by atoms with van der Waals surface area (Å²) < 4.78 is 42.4. The third-order valence-corrected chi connectivity index (χ3v) is 7.33. The van der Waals surface area contributed by atoms with Gasteiger partial charge >= 0.3 is 6.18 Å². The molecular formula is C32H31F3N6O2S. The number of aromatic nitrogens is 2. The Morgan fingerprint density at radius 2 is 1.82 bits per heavy atom. The lowest BCUT2D eigenvalue weighted by Gasteiger charge is -2.32. The number of phenols is 1. The van der Waals surface area contributed by atoms with Crippen molar-refractivity contribution in [3.8, 4) is 11.8 Å². The second kappa shape index (κ2) is 14.6. The summed E-state index contributed by atoms with van der Waals surface area (Å²) in [5.41, 5.74) is 2.04. The summed E-state index contributed by atoms with van der Waals surface area (Å²) in [5, 5.41) is 25.0. The molecule has 3 N–H and O–H groups in total. The van der Waals surface area contributed by atoms with Crippen molar-refractivity contribution < 1.29 is 23.1 Å². The van der Waals surface area contributed by atoms with E-state index in [0.29, 0.717) is 29.9 Å². The predicted octanol–water partition coefficient (Wildman–Crippen LogP) is 5.86. The van der Waals surface area contributed by atoms with E-state index in [0.717, 1.165) is 11.6 Å². The van der Waals surface area contributed by atoms with Gasteiger partial charge in [-0.25, -0.2) is 4.98 Å². The Morgan fingerprint density at radius 1 is 1.11 bits per heavy atom. The van der Waals surface area contributed by atoms with E-state index in [9.17, 15) is 23.1 Å². The fourth-order valence-corrected chi connectivity index (χ4v) is 5.08. The molecule has 12 heteroatoms. The molecule has 0 saturated heterocycles. The van der Waals surface area contributed by atoms with E-state index in [1.165, 1.54) is 29.2 Å². The lowest BCUT2D eigenvalue weighted by molar-refractivity contribution is -0.138. The van der Waals surface area contributed by atoms with Gasteiger partial charge in [-0.1, -0.05) is 37.3 Å². The number of amides is 1. The highest BCUT2D eigenvalue weighted by Gasteiger charge is 2.33. The van der Waals surface area contributed by atoms with E-state index >= 15 is 0 Å². The molecule has 0 unspecified atom stereocenters. The van der Waals surface area contributed by atoms with Crippen LogP contribution >= 0.6 is 12.2 Å². The van der Waals surface area contributed by atoms with Crippen LogP contribution in [0.15, 0.2) is 85.3 Å². The van der Waals surface area contributed by atoms with E-state index in [4.69, 9.17) is 17.5 Å². The number of nitrogens with zero attached hydrogens (tertiary/aromatic N) is 4. The van der Waals surface area contributed by atoms with E-state index in [-0.39, 0.29) is 41.8 Å². The highest BCUT2D eigenvalue weighted by atomic mass is 32.1. The van der Waals surface area contributed by atoms with Crippen LogP contribution in [0.4, 0.5) is 18.9 Å². The van der Waals surface area contributed by atoms with E-state index in [1.54, 1.807) is 42.9 Å². The van der Waals surface area contributed by atoms with Gasteiger partial charge in [-0.15, -0.1) is 0 Å². The molecule has 1 amide bonds. The van der Waals surface area contributed by atoms with Crippen LogP contribution in [0, 0.1) is 11.3 Å². The van der Waals surface area contributed by atoms with Gasteiger partial charge in [0.05, 0.1) is 36.0 Å². The first-order valence-electron chi connectivity index (χ1n) is 13.8. The molecule has 1 aromatic heterocycles. The molecule has 3 aromatic carbocycles. The number of carbonyl (C=O) groups excluding carboxylic acids is 1. The molecule has 4 rings (SSSR count). The van der Waals surface area contributed by atoms with Crippen LogP contribution in [0.2, 0.25) is 0 Å². The second-order valence-electron chi connectivity index (χ2n) is 10.1. The van der Waals surface area contributed by atoms with Crippen LogP contribution in [0.25, 0.3) is 0 Å². The van der Waals surface area contributed by atoms with Gasteiger partial charge in [0.1, 0.15) is 5.75 Å². The maximum atomic E-state index is 13.9. The minimum absolute atomic E-state index is 0.0406. The van der Waals surface area contributed by atoms with Crippen molar-refractivity contribution in [3.63, 3.8) is 0 Å². The van der Waals surface area contributed by atoms with E-state index < -0.39 is 17.8 Å². The molecule has 0 aliphatic rings. The highest BCUT2D eigenvalue weighted by molar-refractivity contribution is 7.80. The highest BCUT2D eigenvalue weighted by Crippen LogP contribution is 2.31. The Balaban J connectivity index is 1.53. The molecule has 1 atom stereocenters. The van der Waals surface area contributed by atoms with Crippen LogP contribution in [0.1, 0.15) is 41.3 Å². The molecule has 8 nitrogen and oxygen atoms in total. The van der Waals surface area contributed by atoms with E-state index in [1.807, 2.05) is 23.6 Å². The molecule has 44 heavy (non-hydrogen) atoms. The molecule has 1 heterocycles. The van der Waals surface area contributed by atoms with Crippen molar-refractivity contribution >= 4 is 28.9 Å². The summed E-state index contributed by atoms with van der Waals surface area (Å²) >= 11 is 5.69. The Kier molecular flexibility index (Phi) is 10.7. The van der Waals surface area contributed by atoms with Crippen LogP contribution in [-0.4, -0.2) is 43.2 Å². The molecule has 0 radical (unpaired) electrons. The zero-order valence-corrected chi connectivity index (χ0v) is 24.7. The number of anilines is 1. The molecule has 0 aliphatic carbocycles. The molecule has 0 bridgehead atoms. The Bertz CT molecular complexity index is 1610. The predicted molar refractivity (Wildman–Crippen MR) is 165 cm³/mol. The van der Waals surface area contributed by atoms with Crippen LogP contribution in [0.5, 0.6) is 5.75 Å². The first-order chi connectivity index (χ1) is 21.1. The van der Waals surface area contributed by atoms with Gasteiger partial charge in [0.2, 0.25) is 5.91 Å². The topological polar surface area (TPSA) is 106 Å². The standard InChI is InChI=1S/C32H31F3N6O2S/c1-2-26(18-37-17-24-5-3-4-6-29(24)32(33,34)35)41(31(44)39-25-11-13-28(42)14-12-25)30(43)15-27-19-38-21-40(27)20-23-9-7-22(16-36)8-10-23/h3-14,19,21,26,37,42H,2,15,17-18,20H2,1H3,(H,39,44)/t26-/m0/s1. The number of benzene rings is 3. The Labute approximate surface area is 258 Å². The van der Waals surface area contributed by atoms with Crippen LogP contribution in [0.3, 0.4) is 0 Å². The largest absolute Gasteiger partial charge is 0.508 e. The number of thiocarbonyl (C=S) groups is 1. The van der Waals surface area contributed by atoms with Gasteiger partial charge in [-0.05, 0) is 72.2 Å². The summed E-state index contributed by atoms with van der Waals surface area (Å²) in [6.07, 6.45) is -0.845. The molecule has 228 valence electrons. The molecule has 0 saturated carbocycles. The molecule has 0 fully saturated rings. The van der Waals surface area contributed by atoms with Crippen molar-refractivity contribution in [1.29, 1.82) is 5.26 Å². The number of halogens is 3. The summed E-state index contributed by atoms with van der Waals surface area (Å²) in [5.74, 6) is -0.258. The van der Waals surface area contributed by atoms with Crippen molar-refractivity contribution in [2.24, 2.45) is 0 Å². The zero-order chi connectivity index (χ0) is 31.7. The maximum Gasteiger partial charge on any atom is 0.416 e. The number of phenolic OH excluding ortho intramolecular Hbond substituents is 1. The minimum atomic E-state index is -4.49. The summed E-state index contributed by atoms with van der Waals surface area (Å²) in [7, 11) is 0. The van der Waals surface area contributed by atoms with Gasteiger partial charge in [0.25, 0.3) is 0 Å². The minimum Gasteiger partial charge on any atom is -0.508 e. The Hall–Kier alpha value is -4.73. The fourth-order valence-electron chi connectivity index (χ4n) is 4.71. The number of nitrogens with one attached hydrogen (secondary N) is 2. The zero-order valence-electron chi connectivity index (χ0n) is 23.9. The number of carbonyl (C=O) groups is 1. The number of aromatic hydroxyl groups is 1.